The van der Waals surface area contributed by atoms with Crippen LogP contribution < -0.4 is 15.5 Å². The summed E-state index contributed by atoms with van der Waals surface area (Å²) in [7, 11) is 0. The maximum Gasteiger partial charge on any atom is 0.490 e. The van der Waals surface area contributed by atoms with E-state index < -0.39 is 24.3 Å². The van der Waals surface area contributed by atoms with Gasteiger partial charge in [0, 0.05) is 32.1 Å². The number of hydrogen-bond acceptors (Lipinski definition) is 9. The van der Waals surface area contributed by atoms with Crippen LogP contribution in [0.25, 0.3) is 10.2 Å². The van der Waals surface area contributed by atoms with Gasteiger partial charge in [-0.05, 0) is 68.1 Å². The Bertz CT molecular complexity index is 1650. The molecule has 290 valence electrons. The number of aromatic hydroxyl groups is 2. The van der Waals surface area contributed by atoms with Gasteiger partial charge in [-0.25, -0.2) is 9.59 Å². The van der Waals surface area contributed by atoms with Gasteiger partial charge in [0.2, 0.25) is 5.91 Å². The molecule has 0 atom stereocenters. The van der Waals surface area contributed by atoms with Crippen molar-refractivity contribution in [3.05, 3.63) is 56.1 Å². The Morgan fingerprint density at radius 3 is 1.98 bits per heavy atom. The van der Waals surface area contributed by atoms with E-state index in [4.69, 9.17) is 31.4 Å². The number of carboxylic acids is 2. The zero-order valence-electron chi connectivity index (χ0n) is 27.6. The van der Waals surface area contributed by atoms with Gasteiger partial charge in [-0.2, -0.15) is 26.3 Å². The number of nitrogens with zero attached hydrogens (tertiary/aromatic N) is 1. The highest BCUT2D eigenvalue weighted by molar-refractivity contribution is 7.16. The van der Waals surface area contributed by atoms with Crippen LogP contribution in [0.15, 0.2) is 35.1 Å². The standard InChI is InChI=1S/C28H37ClN4O4S.2C2HF3O2/c29-22-18-19(6-8-23(22)34)10-13-30-15-12-25(36)33(21-4-2-1-3-5-21)17-16-31-14-11-20-7-9-24(35)26-27(20)38-28(37)32-26;2*3-2(4,5)1(6)7/h6-9,18,21,30-31,34-35H,1-5,10-17H2,(H,32,37);2*(H,6,7). The lowest BCUT2D eigenvalue weighted by Crippen LogP contribution is -2.45. The summed E-state index contributed by atoms with van der Waals surface area (Å²) in [4.78, 5) is 47.3. The number of hydrogen-bond donors (Lipinski definition) is 7. The highest BCUT2D eigenvalue weighted by Crippen LogP contribution is 2.28. The monoisotopic (exact) mass is 788 g/mol. The summed E-state index contributed by atoms with van der Waals surface area (Å²) < 4.78 is 64.3. The number of carbonyl (C=O) groups is 3. The summed E-state index contributed by atoms with van der Waals surface area (Å²) in [5.41, 5.74) is 2.57. The first-order chi connectivity index (χ1) is 24.3. The zero-order chi connectivity index (χ0) is 39.1. The predicted molar refractivity (Wildman–Crippen MR) is 181 cm³/mol. The molecule has 1 fully saturated rings. The number of H-pyrrole nitrogens is 1. The zero-order valence-corrected chi connectivity index (χ0v) is 29.2. The molecule has 0 saturated heterocycles. The van der Waals surface area contributed by atoms with Crippen LogP contribution in [0.2, 0.25) is 5.02 Å². The van der Waals surface area contributed by atoms with Gasteiger partial charge in [-0.15, -0.1) is 0 Å². The van der Waals surface area contributed by atoms with Crippen LogP contribution in [0.1, 0.15) is 49.7 Å². The molecular formula is C32H39ClF6N4O8S. The third-order valence-corrected chi connectivity index (χ3v) is 8.94. The molecule has 1 heterocycles. The van der Waals surface area contributed by atoms with Crippen molar-refractivity contribution in [3.63, 3.8) is 0 Å². The number of aliphatic carboxylic acids is 2. The SMILES string of the molecule is O=C(CCNCCc1ccc(O)c(Cl)c1)N(CCNCCc1ccc(O)c2[nH]c(=O)sc12)C1CCCCC1.O=C(O)C(F)(F)F.O=C(O)C(F)(F)F. The van der Waals surface area contributed by atoms with Crippen LogP contribution in [-0.4, -0.2) is 99.3 Å². The first-order valence-corrected chi connectivity index (χ1v) is 17.1. The maximum absolute atomic E-state index is 13.2. The highest BCUT2D eigenvalue weighted by Gasteiger charge is 2.39. The largest absolute Gasteiger partial charge is 0.506 e. The molecule has 1 aliphatic rings. The molecule has 4 rings (SSSR count). The van der Waals surface area contributed by atoms with Gasteiger partial charge < -0.3 is 40.9 Å². The van der Waals surface area contributed by atoms with Gasteiger partial charge >= 0.3 is 29.2 Å². The number of alkyl halides is 6. The van der Waals surface area contributed by atoms with Crippen molar-refractivity contribution in [2.45, 2.75) is 69.8 Å². The Labute approximate surface area is 302 Å². The fraction of sp³-hybridized carbons (Fsp3) is 0.500. The third-order valence-electron chi connectivity index (χ3n) is 7.68. The van der Waals surface area contributed by atoms with Gasteiger partial charge in [-0.1, -0.05) is 54.3 Å². The van der Waals surface area contributed by atoms with E-state index in [1.807, 2.05) is 12.1 Å². The Kier molecular flexibility index (Phi) is 17.7. The summed E-state index contributed by atoms with van der Waals surface area (Å²) in [6.45, 7) is 3.47. The number of amides is 1. The lowest BCUT2D eigenvalue weighted by atomic mass is 9.94. The number of halogens is 7. The normalized spacial score (nSPS) is 13.4. The lowest BCUT2D eigenvalue weighted by Gasteiger charge is -2.34. The number of aromatic amines is 1. The van der Waals surface area contributed by atoms with Gasteiger partial charge in [0.15, 0.2) is 0 Å². The predicted octanol–water partition coefficient (Wildman–Crippen LogP) is 5.44. The van der Waals surface area contributed by atoms with Crippen molar-refractivity contribution in [1.29, 1.82) is 0 Å². The van der Waals surface area contributed by atoms with E-state index in [1.165, 1.54) is 19.3 Å². The van der Waals surface area contributed by atoms with E-state index in [1.54, 1.807) is 18.2 Å². The van der Waals surface area contributed by atoms with Crippen molar-refractivity contribution in [2.75, 3.05) is 32.7 Å². The van der Waals surface area contributed by atoms with Crippen molar-refractivity contribution in [1.82, 2.24) is 20.5 Å². The second-order valence-corrected chi connectivity index (χ2v) is 12.9. The fourth-order valence-corrected chi connectivity index (χ4v) is 6.22. The lowest BCUT2D eigenvalue weighted by molar-refractivity contribution is -0.193. The van der Waals surface area contributed by atoms with E-state index >= 15 is 0 Å². The van der Waals surface area contributed by atoms with Crippen molar-refractivity contribution in [2.24, 2.45) is 0 Å². The van der Waals surface area contributed by atoms with Gasteiger partial charge in [0.25, 0.3) is 0 Å². The van der Waals surface area contributed by atoms with E-state index in [2.05, 4.69) is 20.5 Å². The summed E-state index contributed by atoms with van der Waals surface area (Å²) in [6.07, 6.45) is -2.47. The summed E-state index contributed by atoms with van der Waals surface area (Å²) >= 11 is 7.10. The van der Waals surface area contributed by atoms with Crippen LogP contribution in [0.4, 0.5) is 26.3 Å². The number of rotatable bonds is 13. The van der Waals surface area contributed by atoms with E-state index in [0.29, 0.717) is 42.6 Å². The van der Waals surface area contributed by atoms with Crippen LogP contribution in [0, 0.1) is 0 Å². The third kappa shape index (κ3) is 15.3. The Balaban J connectivity index is 0.000000564. The number of fused-ring (bicyclic) bond motifs is 1. The molecule has 3 aromatic rings. The molecule has 0 spiro atoms. The first kappa shape index (κ1) is 44.1. The minimum absolute atomic E-state index is 0.0860. The van der Waals surface area contributed by atoms with Gasteiger partial charge in [0.1, 0.15) is 17.0 Å². The minimum atomic E-state index is -5.08. The maximum atomic E-state index is 13.2. The molecule has 1 aromatic heterocycles. The molecule has 20 heteroatoms. The van der Waals surface area contributed by atoms with Crippen LogP contribution >= 0.6 is 22.9 Å². The molecule has 1 amide bonds. The van der Waals surface area contributed by atoms with E-state index in [-0.39, 0.29) is 22.3 Å². The quantitative estimate of drug-likeness (QED) is 0.0868. The molecule has 7 N–H and O–H groups in total. The summed E-state index contributed by atoms with van der Waals surface area (Å²) in [5, 5.41) is 41.0. The van der Waals surface area contributed by atoms with Crippen LogP contribution in [0.5, 0.6) is 11.5 Å². The second-order valence-electron chi connectivity index (χ2n) is 11.5. The number of carboxylic acid groups (broad SMARTS) is 2. The average molecular weight is 789 g/mol. The average Bonchev–Trinajstić information content (AvgIpc) is 3.47. The summed E-state index contributed by atoms with van der Waals surface area (Å²) in [5.74, 6) is -5.14. The molecule has 12 nitrogen and oxygen atoms in total. The van der Waals surface area contributed by atoms with E-state index in [0.717, 1.165) is 65.9 Å². The topological polar surface area (TPSA) is 192 Å². The molecule has 2 aromatic carbocycles. The number of nitrogens with one attached hydrogen (secondary N) is 3. The molecule has 0 bridgehead atoms. The van der Waals surface area contributed by atoms with Crippen molar-refractivity contribution < 1.29 is 61.2 Å². The molecule has 0 unspecified atom stereocenters. The van der Waals surface area contributed by atoms with Crippen LogP contribution in [-0.2, 0) is 27.2 Å². The van der Waals surface area contributed by atoms with Crippen molar-refractivity contribution >= 4 is 51.0 Å². The minimum Gasteiger partial charge on any atom is -0.506 e. The second kappa shape index (κ2) is 20.8. The smallest absolute Gasteiger partial charge is 0.490 e. The molecule has 0 radical (unpaired) electrons. The molecule has 0 aliphatic heterocycles. The molecular weight excluding hydrogens is 750 g/mol. The molecule has 52 heavy (non-hydrogen) atoms. The Morgan fingerprint density at radius 2 is 1.40 bits per heavy atom. The number of thiazole rings is 1. The van der Waals surface area contributed by atoms with E-state index in [9.17, 15) is 46.1 Å². The Hall–Kier alpha value is -4.07. The Morgan fingerprint density at radius 1 is 0.846 bits per heavy atom. The fourth-order valence-electron chi connectivity index (χ4n) is 5.12. The number of phenolic OH excluding ortho intramolecular Hbond substituents is 2. The number of benzene rings is 2. The highest BCUT2D eigenvalue weighted by atomic mass is 35.5. The number of phenols is 2. The van der Waals surface area contributed by atoms with Gasteiger partial charge in [-0.3, -0.25) is 9.59 Å². The summed E-state index contributed by atoms with van der Waals surface area (Å²) in [6, 6.07) is 9.03. The number of carbonyl (C=O) groups excluding carboxylic acids is 1. The molecule has 1 saturated carbocycles. The van der Waals surface area contributed by atoms with Gasteiger partial charge in [0.05, 0.1) is 9.72 Å². The van der Waals surface area contributed by atoms with Crippen LogP contribution in [0.3, 0.4) is 0 Å². The number of aromatic nitrogens is 1. The van der Waals surface area contributed by atoms with Crippen molar-refractivity contribution in [3.8, 4) is 11.5 Å². The first-order valence-electron chi connectivity index (χ1n) is 15.9. The molecule has 1 aliphatic carbocycles.